The van der Waals surface area contributed by atoms with E-state index in [1.54, 1.807) is 0 Å². The van der Waals surface area contributed by atoms with Gasteiger partial charge in [0.2, 0.25) is 5.91 Å². The molecule has 1 atom stereocenters. The lowest BCUT2D eigenvalue weighted by Gasteiger charge is -2.17. The maximum Gasteiger partial charge on any atom is 0.246 e. The number of carbonyl (C=O) groups is 1. The number of benzene rings is 2. The zero-order valence-corrected chi connectivity index (χ0v) is 13.7. The van der Waals surface area contributed by atoms with Crippen molar-refractivity contribution in [1.29, 1.82) is 5.26 Å². The van der Waals surface area contributed by atoms with Crippen molar-refractivity contribution in [2.75, 3.05) is 10.6 Å². The van der Waals surface area contributed by atoms with E-state index in [-0.39, 0.29) is 11.9 Å². The van der Waals surface area contributed by atoms with Crippen LogP contribution in [-0.4, -0.2) is 11.9 Å². The summed E-state index contributed by atoms with van der Waals surface area (Å²) in [6.45, 7) is 5.80. The first kappa shape index (κ1) is 16.6. The average Bonchev–Trinajstić information content (AvgIpc) is 2.53. The van der Waals surface area contributed by atoms with Gasteiger partial charge < -0.3 is 10.6 Å². The first-order chi connectivity index (χ1) is 11.0. The van der Waals surface area contributed by atoms with Gasteiger partial charge in [0, 0.05) is 11.4 Å². The van der Waals surface area contributed by atoms with Gasteiger partial charge in [0.1, 0.15) is 6.04 Å². The Kier molecular flexibility index (Phi) is 5.37. The fourth-order valence-electron chi connectivity index (χ4n) is 2.24. The highest BCUT2D eigenvalue weighted by Crippen LogP contribution is 2.17. The van der Waals surface area contributed by atoms with Crippen LogP contribution >= 0.6 is 0 Å². The van der Waals surface area contributed by atoms with Crippen LogP contribution in [0.2, 0.25) is 0 Å². The van der Waals surface area contributed by atoms with Crippen LogP contribution in [-0.2, 0) is 11.2 Å². The average molecular weight is 307 g/mol. The molecule has 0 radical (unpaired) electrons. The van der Waals surface area contributed by atoms with Crippen LogP contribution in [0, 0.1) is 25.2 Å². The maximum atomic E-state index is 12.3. The molecule has 0 aliphatic rings. The molecular weight excluding hydrogens is 286 g/mol. The molecule has 0 aliphatic heterocycles. The smallest absolute Gasteiger partial charge is 0.246 e. The molecule has 0 aromatic heterocycles. The van der Waals surface area contributed by atoms with E-state index in [9.17, 15) is 4.79 Å². The fourth-order valence-corrected chi connectivity index (χ4v) is 2.24. The number of amides is 1. The molecule has 1 unspecified atom stereocenters. The van der Waals surface area contributed by atoms with Crippen molar-refractivity contribution in [3.8, 4) is 6.07 Å². The Morgan fingerprint density at radius 1 is 1.17 bits per heavy atom. The van der Waals surface area contributed by atoms with Crippen LogP contribution in [0.4, 0.5) is 11.4 Å². The maximum absolute atomic E-state index is 12.3. The summed E-state index contributed by atoms with van der Waals surface area (Å²) in [7, 11) is 0. The fraction of sp³-hybridized carbons (Fsp3) is 0.263. The van der Waals surface area contributed by atoms with E-state index in [0.29, 0.717) is 6.42 Å². The van der Waals surface area contributed by atoms with Crippen molar-refractivity contribution in [3.63, 3.8) is 0 Å². The second-order valence-corrected chi connectivity index (χ2v) is 5.71. The zero-order valence-electron chi connectivity index (χ0n) is 13.7. The number of hydrogen-bond acceptors (Lipinski definition) is 3. The van der Waals surface area contributed by atoms with Crippen molar-refractivity contribution < 1.29 is 4.79 Å². The Balaban J connectivity index is 1.99. The molecule has 2 aromatic rings. The first-order valence-electron chi connectivity index (χ1n) is 7.60. The Labute approximate surface area is 137 Å². The van der Waals surface area contributed by atoms with Gasteiger partial charge in [-0.25, -0.2) is 0 Å². The Morgan fingerprint density at radius 3 is 2.52 bits per heavy atom. The third kappa shape index (κ3) is 4.58. The minimum absolute atomic E-state index is 0.0835. The molecule has 2 N–H and O–H groups in total. The number of nitriles is 1. The van der Waals surface area contributed by atoms with Gasteiger partial charge in [-0.15, -0.1) is 0 Å². The second-order valence-electron chi connectivity index (χ2n) is 5.71. The summed E-state index contributed by atoms with van der Waals surface area (Å²) in [6.07, 6.45) is 0.392. The summed E-state index contributed by atoms with van der Waals surface area (Å²) in [5, 5.41) is 14.8. The first-order valence-corrected chi connectivity index (χ1v) is 7.60. The zero-order chi connectivity index (χ0) is 16.8. The number of rotatable bonds is 5. The minimum atomic E-state index is -0.364. The summed E-state index contributed by atoms with van der Waals surface area (Å²) in [6, 6.07) is 15.3. The van der Waals surface area contributed by atoms with Crippen LogP contribution in [0.3, 0.4) is 0 Å². The van der Waals surface area contributed by atoms with Gasteiger partial charge in [-0.1, -0.05) is 24.3 Å². The highest BCUT2D eigenvalue weighted by Gasteiger charge is 2.13. The highest BCUT2D eigenvalue weighted by molar-refractivity contribution is 5.96. The predicted octanol–water partition coefficient (Wildman–Crippen LogP) is 3.81. The largest absolute Gasteiger partial charge is 0.374 e. The molecule has 4 heteroatoms. The summed E-state index contributed by atoms with van der Waals surface area (Å²) in [4.78, 5) is 12.3. The van der Waals surface area contributed by atoms with Crippen molar-refractivity contribution >= 4 is 17.3 Å². The lowest BCUT2D eigenvalue weighted by Crippen LogP contribution is -2.32. The predicted molar refractivity (Wildman–Crippen MR) is 93.4 cm³/mol. The summed E-state index contributed by atoms with van der Waals surface area (Å²) >= 11 is 0. The molecule has 4 nitrogen and oxygen atoms in total. The van der Waals surface area contributed by atoms with E-state index in [1.807, 2.05) is 63.2 Å². The normalized spacial score (nSPS) is 11.4. The molecule has 0 bridgehead atoms. The van der Waals surface area contributed by atoms with E-state index >= 15 is 0 Å². The molecule has 0 heterocycles. The van der Waals surface area contributed by atoms with Crippen LogP contribution in [0.1, 0.15) is 23.6 Å². The van der Waals surface area contributed by atoms with Gasteiger partial charge in [-0.3, -0.25) is 4.79 Å². The van der Waals surface area contributed by atoms with E-state index < -0.39 is 0 Å². The number of aryl methyl sites for hydroxylation is 2. The Morgan fingerprint density at radius 2 is 1.87 bits per heavy atom. The summed E-state index contributed by atoms with van der Waals surface area (Å²) in [5.74, 6) is -0.0835. The number of anilines is 2. The van der Waals surface area contributed by atoms with E-state index in [4.69, 9.17) is 5.26 Å². The molecule has 2 aromatic carbocycles. The molecule has 0 fully saturated rings. The molecule has 0 saturated carbocycles. The molecule has 1 amide bonds. The van der Waals surface area contributed by atoms with Crippen molar-refractivity contribution in [1.82, 2.24) is 0 Å². The van der Waals surface area contributed by atoms with Crippen molar-refractivity contribution in [2.45, 2.75) is 33.2 Å². The molecule has 2 rings (SSSR count). The van der Waals surface area contributed by atoms with Crippen molar-refractivity contribution in [2.24, 2.45) is 0 Å². The number of hydrogen-bond donors (Lipinski definition) is 2. The quantitative estimate of drug-likeness (QED) is 0.883. The van der Waals surface area contributed by atoms with Crippen LogP contribution in [0.5, 0.6) is 0 Å². The van der Waals surface area contributed by atoms with Gasteiger partial charge in [-0.2, -0.15) is 5.26 Å². The van der Waals surface area contributed by atoms with Gasteiger partial charge in [0.25, 0.3) is 0 Å². The van der Waals surface area contributed by atoms with E-state index in [0.717, 1.165) is 28.1 Å². The van der Waals surface area contributed by atoms with E-state index in [2.05, 4.69) is 16.7 Å². The molecule has 0 spiro atoms. The third-order valence-corrected chi connectivity index (χ3v) is 3.66. The number of nitrogens with one attached hydrogen (secondary N) is 2. The molecular formula is C19H21N3O. The highest BCUT2D eigenvalue weighted by atomic mass is 16.2. The van der Waals surface area contributed by atoms with Gasteiger partial charge >= 0.3 is 0 Å². The molecule has 0 aliphatic carbocycles. The summed E-state index contributed by atoms with van der Waals surface area (Å²) < 4.78 is 0. The van der Waals surface area contributed by atoms with Crippen molar-refractivity contribution in [3.05, 3.63) is 59.2 Å². The lowest BCUT2D eigenvalue weighted by atomic mass is 10.1. The Hall–Kier alpha value is -2.80. The number of nitrogens with zero attached hydrogens (tertiary/aromatic N) is 1. The van der Waals surface area contributed by atoms with Gasteiger partial charge in [-0.05, 0) is 55.7 Å². The molecule has 23 heavy (non-hydrogen) atoms. The van der Waals surface area contributed by atoms with Crippen LogP contribution in [0.25, 0.3) is 0 Å². The van der Waals surface area contributed by atoms with Gasteiger partial charge in [0.05, 0.1) is 12.5 Å². The molecule has 0 saturated heterocycles. The second kappa shape index (κ2) is 7.46. The topological polar surface area (TPSA) is 64.9 Å². The standard InChI is InChI=1S/C19H21N3O/c1-13-4-5-14(2)18(12-13)22-19(23)15(3)21-17-8-6-16(7-9-17)10-11-20/h4-9,12,15,21H,10H2,1-3H3,(H,22,23). The van der Waals surface area contributed by atoms with E-state index in [1.165, 1.54) is 0 Å². The molecule has 118 valence electrons. The lowest BCUT2D eigenvalue weighted by molar-refractivity contribution is -0.116. The minimum Gasteiger partial charge on any atom is -0.374 e. The Bertz CT molecular complexity index is 729. The number of carbonyl (C=O) groups excluding carboxylic acids is 1. The van der Waals surface area contributed by atoms with Crippen LogP contribution in [0.15, 0.2) is 42.5 Å². The van der Waals surface area contributed by atoms with Gasteiger partial charge in [0.15, 0.2) is 0 Å². The summed E-state index contributed by atoms with van der Waals surface area (Å²) in [5.41, 5.74) is 4.81. The van der Waals surface area contributed by atoms with Crippen LogP contribution < -0.4 is 10.6 Å². The third-order valence-electron chi connectivity index (χ3n) is 3.66. The SMILES string of the molecule is Cc1ccc(C)c(NC(=O)C(C)Nc2ccc(CC#N)cc2)c1. The monoisotopic (exact) mass is 307 g/mol.